The van der Waals surface area contributed by atoms with Crippen molar-refractivity contribution < 1.29 is 9.47 Å². The first-order chi connectivity index (χ1) is 11.5. The quantitative estimate of drug-likeness (QED) is 0.764. The zero-order chi connectivity index (χ0) is 17.1. The lowest BCUT2D eigenvalue weighted by Gasteiger charge is -2.18. The molecule has 1 heterocycles. The molecule has 0 saturated heterocycles. The van der Waals surface area contributed by atoms with Gasteiger partial charge in [-0.3, -0.25) is 0 Å². The lowest BCUT2D eigenvalue weighted by atomic mass is 10.1. The molecule has 0 aliphatic carbocycles. The molecule has 1 aliphatic heterocycles. The first kappa shape index (κ1) is 17.1. The third-order valence-corrected chi connectivity index (χ3v) is 4.49. The van der Waals surface area contributed by atoms with E-state index >= 15 is 0 Å². The standard InChI is InChI=1S/C17H16Cl2N2O2S/c1-10(13-4-3-12(18)7-14(13)19)21-17(24)20-8-11-2-5-15-16(6-11)23-9-22-15/h2-7,10H,8-9H2,1H3,(H2,20,21,24)/t10-/m0/s1. The lowest BCUT2D eigenvalue weighted by Crippen LogP contribution is -2.36. The van der Waals surface area contributed by atoms with Gasteiger partial charge in [-0.1, -0.05) is 35.3 Å². The molecule has 2 N–H and O–H groups in total. The van der Waals surface area contributed by atoms with Gasteiger partial charge >= 0.3 is 0 Å². The first-order valence-corrected chi connectivity index (χ1v) is 8.57. The maximum atomic E-state index is 6.22. The Morgan fingerprint density at radius 2 is 1.96 bits per heavy atom. The van der Waals surface area contributed by atoms with E-state index < -0.39 is 0 Å². The molecule has 0 fully saturated rings. The summed E-state index contributed by atoms with van der Waals surface area (Å²) in [5, 5.41) is 8.16. The highest BCUT2D eigenvalue weighted by atomic mass is 35.5. The Morgan fingerprint density at radius 3 is 2.75 bits per heavy atom. The van der Waals surface area contributed by atoms with Gasteiger partial charge in [-0.25, -0.2) is 0 Å². The molecule has 0 amide bonds. The van der Waals surface area contributed by atoms with Gasteiger partial charge in [-0.05, 0) is 54.5 Å². The summed E-state index contributed by atoms with van der Waals surface area (Å²) in [6.07, 6.45) is 0. The number of rotatable bonds is 4. The number of nitrogens with one attached hydrogen (secondary N) is 2. The molecule has 1 atom stereocenters. The minimum absolute atomic E-state index is 0.0356. The maximum Gasteiger partial charge on any atom is 0.231 e. The van der Waals surface area contributed by atoms with Gasteiger partial charge in [-0.15, -0.1) is 0 Å². The minimum Gasteiger partial charge on any atom is -0.454 e. The van der Waals surface area contributed by atoms with Crippen molar-refractivity contribution in [2.45, 2.75) is 19.5 Å². The van der Waals surface area contributed by atoms with Crippen LogP contribution in [0, 0.1) is 0 Å². The number of thiocarbonyl (C=S) groups is 1. The summed E-state index contributed by atoms with van der Waals surface area (Å²) >= 11 is 17.5. The van der Waals surface area contributed by atoms with Crippen LogP contribution < -0.4 is 20.1 Å². The summed E-state index contributed by atoms with van der Waals surface area (Å²) in [6.45, 7) is 2.85. The van der Waals surface area contributed by atoms with Crippen molar-refractivity contribution >= 4 is 40.5 Å². The minimum atomic E-state index is -0.0356. The molecule has 3 rings (SSSR count). The van der Waals surface area contributed by atoms with Crippen LogP contribution in [0.1, 0.15) is 24.1 Å². The number of benzene rings is 2. The second kappa shape index (κ2) is 7.47. The molecule has 0 saturated carbocycles. The van der Waals surface area contributed by atoms with Crippen molar-refractivity contribution in [3.8, 4) is 11.5 Å². The Hall–Kier alpha value is -1.69. The van der Waals surface area contributed by atoms with E-state index in [0.717, 1.165) is 22.6 Å². The van der Waals surface area contributed by atoms with Gasteiger partial charge in [0.05, 0.1) is 6.04 Å². The summed E-state index contributed by atoms with van der Waals surface area (Å²) in [7, 11) is 0. The lowest BCUT2D eigenvalue weighted by molar-refractivity contribution is 0.174. The molecule has 0 spiro atoms. The Kier molecular flexibility index (Phi) is 5.33. The SMILES string of the molecule is C[C@H](NC(=S)NCc1ccc2c(c1)OCO2)c1ccc(Cl)cc1Cl. The highest BCUT2D eigenvalue weighted by Crippen LogP contribution is 2.32. The Labute approximate surface area is 156 Å². The van der Waals surface area contributed by atoms with Gasteiger partial charge < -0.3 is 20.1 Å². The summed E-state index contributed by atoms with van der Waals surface area (Å²) < 4.78 is 10.7. The predicted molar refractivity (Wildman–Crippen MR) is 100 cm³/mol. The van der Waals surface area contributed by atoms with E-state index in [2.05, 4.69) is 10.6 Å². The summed E-state index contributed by atoms with van der Waals surface area (Å²) in [5.74, 6) is 1.53. The predicted octanol–water partition coefficient (Wildman–Crippen LogP) is 4.45. The summed E-state index contributed by atoms with van der Waals surface area (Å²) in [6, 6.07) is 11.2. The van der Waals surface area contributed by atoms with Crippen molar-refractivity contribution in [2.75, 3.05) is 6.79 Å². The normalized spacial score (nSPS) is 13.5. The van der Waals surface area contributed by atoms with E-state index in [0.29, 0.717) is 21.7 Å². The molecular weight excluding hydrogens is 367 g/mol. The first-order valence-electron chi connectivity index (χ1n) is 7.41. The summed E-state index contributed by atoms with van der Waals surface area (Å²) in [4.78, 5) is 0. The molecule has 0 unspecified atom stereocenters. The van der Waals surface area contributed by atoms with Crippen molar-refractivity contribution in [2.24, 2.45) is 0 Å². The largest absolute Gasteiger partial charge is 0.454 e. The van der Waals surface area contributed by atoms with Gasteiger partial charge in [0.15, 0.2) is 16.6 Å². The number of ether oxygens (including phenoxy) is 2. The van der Waals surface area contributed by atoms with E-state index in [1.54, 1.807) is 6.07 Å². The van der Waals surface area contributed by atoms with Gasteiger partial charge in [0, 0.05) is 16.6 Å². The molecule has 0 bridgehead atoms. The zero-order valence-corrected chi connectivity index (χ0v) is 15.3. The van der Waals surface area contributed by atoms with Crippen LogP contribution in [-0.4, -0.2) is 11.9 Å². The van der Waals surface area contributed by atoms with Crippen LogP contribution >= 0.6 is 35.4 Å². The molecule has 24 heavy (non-hydrogen) atoms. The third-order valence-electron chi connectivity index (χ3n) is 3.67. The van der Waals surface area contributed by atoms with Crippen LogP contribution in [0.2, 0.25) is 10.0 Å². The zero-order valence-electron chi connectivity index (χ0n) is 12.9. The van der Waals surface area contributed by atoms with Crippen LogP contribution in [0.5, 0.6) is 11.5 Å². The van der Waals surface area contributed by atoms with Crippen LogP contribution in [-0.2, 0) is 6.54 Å². The second-order valence-corrected chi connectivity index (χ2v) is 6.65. The van der Waals surface area contributed by atoms with Crippen LogP contribution in [0.3, 0.4) is 0 Å². The van der Waals surface area contributed by atoms with E-state index in [1.807, 2.05) is 37.3 Å². The van der Waals surface area contributed by atoms with Gasteiger partial charge in [-0.2, -0.15) is 0 Å². The van der Waals surface area contributed by atoms with Gasteiger partial charge in [0.1, 0.15) is 0 Å². The fourth-order valence-corrected chi connectivity index (χ4v) is 3.23. The van der Waals surface area contributed by atoms with Crippen LogP contribution in [0.15, 0.2) is 36.4 Å². The topological polar surface area (TPSA) is 42.5 Å². The van der Waals surface area contributed by atoms with Gasteiger partial charge in [0.2, 0.25) is 6.79 Å². The smallest absolute Gasteiger partial charge is 0.231 e. The molecule has 2 aromatic carbocycles. The van der Waals surface area contributed by atoms with Crippen molar-refractivity contribution in [1.29, 1.82) is 0 Å². The third kappa shape index (κ3) is 4.04. The Balaban J connectivity index is 1.55. The molecule has 4 nitrogen and oxygen atoms in total. The number of fused-ring (bicyclic) bond motifs is 1. The summed E-state index contributed by atoms with van der Waals surface area (Å²) in [5.41, 5.74) is 1.99. The highest BCUT2D eigenvalue weighted by molar-refractivity contribution is 7.80. The van der Waals surface area contributed by atoms with Crippen molar-refractivity contribution in [3.63, 3.8) is 0 Å². The number of hydrogen-bond donors (Lipinski definition) is 2. The van der Waals surface area contributed by atoms with Gasteiger partial charge in [0.25, 0.3) is 0 Å². The molecule has 126 valence electrons. The molecule has 0 radical (unpaired) electrons. The van der Waals surface area contributed by atoms with Crippen molar-refractivity contribution in [1.82, 2.24) is 10.6 Å². The monoisotopic (exact) mass is 382 g/mol. The Morgan fingerprint density at radius 1 is 1.17 bits per heavy atom. The van der Waals surface area contributed by atoms with E-state index in [1.165, 1.54) is 0 Å². The molecule has 7 heteroatoms. The van der Waals surface area contributed by atoms with Crippen LogP contribution in [0.25, 0.3) is 0 Å². The van der Waals surface area contributed by atoms with E-state index in [9.17, 15) is 0 Å². The Bertz CT molecular complexity index is 770. The fraction of sp³-hybridized carbons (Fsp3) is 0.235. The number of hydrogen-bond acceptors (Lipinski definition) is 3. The molecule has 1 aliphatic rings. The molecular formula is C17H16Cl2N2O2S. The average Bonchev–Trinajstić information content (AvgIpc) is 3.00. The maximum absolute atomic E-state index is 6.22. The van der Waals surface area contributed by atoms with Crippen molar-refractivity contribution in [3.05, 3.63) is 57.6 Å². The highest BCUT2D eigenvalue weighted by Gasteiger charge is 2.14. The fourth-order valence-electron chi connectivity index (χ4n) is 2.41. The molecule has 0 aromatic heterocycles. The van der Waals surface area contributed by atoms with Crippen LogP contribution in [0.4, 0.5) is 0 Å². The van der Waals surface area contributed by atoms with E-state index in [-0.39, 0.29) is 12.8 Å². The number of halogens is 2. The molecule has 2 aromatic rings. The average molecular weight is 383 g/mol. The second-order valence-electron chi connectivity index (χ2n) is 5.40. The van der Waals surface area contributed by atoms with E-state index in [4.69, 9.17) is 44.9 Å².